The third-order valence-electron chi connectivity index (χ3n) is 9.20. The maximum absolute atomic E-state index is 13.0. The first-order chi connectivity index (χ1) is 24.3. The summed E-state index contributed by atoms with van der Waals surface area (Å²) in [6.07, 6.45) is 0.828. The van der Waals surface area contributed by atoms with E-state index in [1.165, 1.54) is 4.90 Å². The molecule has 6 rings (SSSR count). The molecular weight excluding hydrogens is 691 g/mol. The first kappa shape index (κ1) is 37.7. The molecule has 2 N–H and O–H groups in total. The number of nitrogens with zero attached hydrogens (tertiary/aromatic N) is 3. The fraction of sp³-hybridized carbons (Fsp3) is 0.395. The highest BCUT2D eigenvalue weighted by atomic mass is 32.2. The number of aliphatic carboxylic acids is 1. The summed E-state index contributed by atoms with van der Waals surface area (Å²) >= 11 is 1.55. The van der Waals surface area contributed by atoms with Crippen LogP contribution < -0.4 is 4.74 Å². The van der Waals surface area contributed by atoms with Crippen molar-refractivity contribution in [3.63, 3.8) is 0 Å². The lowest BCUT2D eigenvalue weighted by atomic mass is 9.85. The number of carboxylic acid groups (broad SMARTS) is 1. The minimum Gasteiger partial charge on any atom is -0.485 e. The third-order valence-corrected chi connectivity index (χ3v) is 11.9. The molecule has 11 nitrogen and oxygen atoms in total. The Morgan fingerprint density at radius 1 is 1.08 bits per heavy atom. The quantitative estimate of drug-likeness (QED) is 0.329. The number of amides is 2. The van der Waals surface area contributed by atoms with Gasteiger partial charge in [-0.1, -0.05) is 55.5 Å². The fourth-order valence-electron chi connectivity index (χ4n) is 6.55. The van der Waals surface area contributed by atoms with Crippen molar-refractivity contribution >= 4 is 45.5 Å². The van der Waals surface area contributed by atoms with Crippen molar-refractivity contribution in [3.05, 3.63) is 95.6 Å². The Morgan fingerprint density at radius 3 is 2.35 bits per heavy atom. The molecule has 13 heteroatoms. The van der Waals surface area contributed by atoms with Gasteiger partial charge >= 0.3 is 5.97 Å². The molecule has 3 aromatic rings. The van der Waals surface area contributed by atoms with Crippen LogP contribution in [0.2, 0.25) is 0 Å². The van der Waals surface area contributed by atoms with Crippen molar-refractivity contribution in [1.29, 1.82) is 5.26 Å². The number of benzene rings is 3. The van der Waals surface area contributed by atoms with Crippen molar-refractivity contribution in [2.45, 2.75) is 74.0 Å². The number of nitriles is 1. The Labute approximate surface area is 304 Å². The summed E-state index contributed by atoms with van der Waals surface area (Å²) < 4.78 is 18.3. The summed E-state index contributed by atoms with van der Waals surface area (Å²) in [4.78, 5) is 53.2. The van der Waals surface area contributed by atoms with Gasteiger partial charge < -0.3 is 24.7 Å². The molecule has 2 amide bonds. The zero-order valence-electron chi connectivity index (χ0n) is 28.6. The lowest BCUT2D eigenvalue weighted by Gasteiger charge is -2.45. The third kappa shape index (κ3) is 8.69. The summed E-state index contributed by atoms with van der Waals surface area (Å²) in [6, 6.07) is 23.8. The predicted octanol–water partition coefficient (Wildman–Crippen LogP) is 4.81. The van der Waals surface area contributed by atoms with Gasteiger partial charge in [0, 0.05) is 52.5 Å². The Morgan fingerprint density at radius 2 is 1.75 bits per heavy atom. The highest BCUT2D eigenvalue weighted by Gasteiger charge is 2.47. The van der Waals surface area contributed by atoms with E-state index in [0.29, 0.717) is 42.8 Å². The number of carbonyl (C=O) groups excluding carboxylic acids is 3. The lowest BCUT2D eigenvalue weighted by molar-refractivity contribution is -0.149. The van der Waals surface area contributed by atoms with Gasteiger partial charge in [0.15, 0.2) is 0 Å². The molecule has 1 unspecified atom stereocenters. The van der Waals surface area contributed by atoms with Crippen LogP contribution in [0.1, 0.15) is 67.6 Å². The minimum absolute atomic E-state index is 0.0406. The van der Waals surface area contributed by atoms with E-state index >= 15 is 0 Å². The molecule has 2 fully saturated rings. The van der Waals surface area contributed by atoms with Gasteiger partial charge in [-0.2, -0.15) is 5.26 Å². The number of hydrogen-bond donors (Lipinski definition) is 2. The molecule has 6 atom stereocenters. The standard InChI is InChI=1S/C22H23NO5S2.C16H18N2O3/c1-15(14-30(28)22(27)16-8-4-2-5-9-16)20(24)23-13-18(12-19(23)21(25)26)29-17-10-6-3-7-11-17;1-16(2)15(20)14(18-7-3-4-13(18)19)11-8-10(9-17)5-6-12(11)21-16/h2-11,15,18-19H,12-14H2,1H3,(H,25,26);5-6,8,14-15,20H,3-4,7H2,1-2H3/t15-,18-,19-,30?;14-,15+/m01/s1. The van der Waals surface area contributed by atoms with Crippen LogP contribution in [-0.4, -0.2) is 89.0 Å². The summed E-state index contributed by atoms with van der Waals surface area (Å²) in [5, 5.41) is 28.8. The topological polar surface area (TPSA) is 165 Å². The van der Waals surface area contributed by atoms with Crippen molar-refractivity contribution < 1.29 is 38.3 Å². The van der Waals surface area contributed by atoms with Gasteiger partial charge in [-0.15, -0.1) is 11.8 Å². The van der Waals surface area contributed by atoms with Crippen LogP contribution in [0.3, 0.4) is 0 Å². The van der Waals surface area contributed by atoms with Gasteiger partial charge in [-0.25, -0.2) is 4.79 Å². The number of thioether (sulfide) groups is 1. The number of aliphatic hydroxyl groups excluding tert-OH is 1. The lowest BCUT2D eigenvalue weighted by Crippen LogP contribution is -2.53. The first-order valence-electron chi connectivity index (χ1n) is 16.7. The molecule has 0 bridgehead atoms. The largest absolute Gasteiger partial charge is 0.485 e. The number of ether oxygens (including phenoxy) is 1. The van der Waals surface area contributed by atoms with Crippen LogP contribution in [0.25, 0.3) is 0 Å². The average Bonchev–Trinajstić information content (AvgIpc) is 3.75. The average molecular weight is 732 g/mol. The number of aliphatic hydroxyl groups is 1. The second-order valence-corrected chi connectivity index (χ2v) is 16.1. The molecule has 0 spiro atoms. The Kier molecular flexibility index (Phi) is 12.0. The van der Waals surface area contributed by atoms with Gasteiger partial charge in [-0.3, -0.25) is 18.6 Å². The molecule has 0 radical (unpaired) electrons. The second-order valence-electron chi connectivity index (χ2n) is 13.4. The van der Waals surface area contributed by atoms with Gasteiger partial charge in [0.2, 0.25) is 16.9 Å². The summed E-state index contributed by atoms with van der Waals surface area (Å²) in [5.74, 6) is -1.60. The number of likely N-dealkylation sites (tertiary alicyclic amines) is 2. The molecule has 3 aromatic carbocycles. The van der Waals surface area contributed by atoms with Crippen LogP contribution >= 0.6 is 11.8 Å². The molecule has 2 saturated heterocycles. The van der Waals surface area contributed by atoms with Gasteiger partial charge in [0.05, 0.1) is 28.5 Å². The highest BCUT2D eigenvalue weighted by Crippen LogP contribution is 2.44. The van der Waals surface area contributed by atoms with Crippen molar-refractivity contribution in [2.24, 2.45) is 5.92 Å². The fourth-order valence-corrected chi connectivity index (χ4v) is 8.91. The Hall–Kier alpha value is -4.51. The van der Waals surface area contributed by atoms with E-state index in [1.807, 2.05) is 44.2 Å². The van der Waals surface area contributed by atoms with E-state index in [1.54, 1.807) is 72.1 Å². The van der Waals surface area contributed by atoms with Gasteiger partial charge in [0.25, 0.3) is 0 Å². The van der Waals surface area contributed by atoms with Crippen LogP contribution in [0.4, 0.5) is 0 Å². The molecular formula is C38H41N3O8S2. The van der Waals surface area contributed by atoms with Crippen molar-refractivity contribution in [2.75, 3.05) is 18.8 Å². The first-order valence-corrected chi connectivity index (χ1v) is 18.9. The normalized spacial score (nSPS) is 23.2. The summed E-state index contributed by atoms with van der Waals surface area (Å²) in [5.41, 5.74) is 0.769. The van der Waals surface area contributed by atoms with E-state index < -0.39 is 51.6 Å². The SMILES string of the molecule is CC1(C)Oc2ccc(C#N)cc2[C@@H](N2CCCC2=O)[C@@H]1O.C[C@@H](CS(=O)C(=O)c1ccccc1)C(=O)N1C[C@@H](Sc2ccccc2)C[C@H]1C(=O)O. The highest BCUT2D eigenvalue weighted by molar-refractivity contribution is 8.01. The van der Waals surface area contributed by atoms with E-state index in [-0.39, 0.29) is 22.8 Å². The predicted molar refractivity (Wildman–Crippen MR) is 192 cm³/mol. The molecule has 0 saturated carbocycles. The number of carboxylic acids is 1. The number of hydrogen-bond acceptors (Lipinski definition) is 9. The van der Waals surface area contributed by atoms with Crippen LogP contribution in [0.15, 0.2) is 83.8 Å². The van der Waals surface area contributed by atoms with Crippen LogP contribution in [-0.2, 0) is 25.2 Å². The van der Waals surface area contributed by atoms with Crippen LogP contribution in [0, 0.1) is 17.2 Å². The molecule has 3 aliphatic rings. The van der Waals surface area contributed by atoms with E-state index in [9.17, 15) is 33.6 Å². The van der Waals surface area contributed by atoms with E-state index in [4.69, 9.17) is 10.00 Å². The number of rotatable bonds is 8. The smallest absolute Gasteiger partial charge is 0.326 e. The maximum Gasteiger partial charge on any atom is 0.326 e. The summed E-state index contributed by atoms with van der Waals surface area (Å²) in [7, 11) is -1.87. The molecule has 3 aliphatic heterocycles. The van der Waals surface area contributed by atoms with E-state index in [0.717, 1.165) is 16.9 Å². The van der Waals surface area contributed by atoms with Gasteiger partial charge in [0.1, 0.15) is 23.5 Å². The molecule has 0 aromatic heterocycles. The second kappa shape index (κ2) is 16.2. The Balaban J connectivity index is 0.000000210. The monoisotopic (exact) mass is 731 g/mol. The summed E-state index contributed by atoms with van der Waals surface area (Å²) in [6.45, 7) is 6.15. The van der Waals surface area contributed by atoms with Gasteiger partial charge in [-0.05, 0) is 57.0 Å². The number of carbonyl (C=O) groups is 4. The molecule has 51 heavy (non-hydrogen) atoms. The zero-order valence-corrected chi connectivity index (χ0v) is 30.3. The minimum atomic E-state index is -1.87. The van der Waals surface area contributed by atoms with Crippen molar-refractivity contribution in [3.8, 4) is 11.8 Å². The molecule has 0 aliphatic carbocycles. The number of fused-ring (bicyclic) bond motifs is 1. The molecule has 3 heterocycles. The Bertz CT molecular complexity index is 1830. The van der Waals surface area contributed by atoms with Crippen LogP contribution in [0.5, 0.6) is 5.75 Å². The maximum atomic E-state index is 13.0. The van der Waals surface area contributed by atoms with E-state index in [2.05, 4.69) is 6.07 Å². The van der Waals surface area contributed by atoms with Crippen molar-refractivity contribution in [1.82, 2.24) is 9.80 Å². The molecule has 268 valence electrons. The zero-order chi connectivity index (χ0) is 36.9.